The summed E-state index contributed by atoms with van der Waals surface area (Å²) in [4.78, 5) is 0. The summed E-state index contributed by atoms with van der Waals surface area (Å²) in [5.41, 5.74) is 6.66. The van der Waals surface area contributed by atoms with E-state index in [4.69, 9.17) is 5.73 Å². The van der Waals surface area contributed by atoms with Crippen molar-refractivity contribution in [3.8, 4) is 0 Å². The van der Waals surface area contributed by atoms with Crippen molar-refractivity contribution in [2.24, 2.45) is 5.73 Å². The lowest BCUT2D eigenvalue weighted by Crippen LogP contribution is -2.11. The molecule has 2 rings (SSSR count). The fourth-order valence-corrected chi connectivity index (χ4v) is 1.41. The van der Waals surface area contributed by atoms with Gasteiger partial charge in [0.1, 0.15) is 0 Å². The summed E-state index contributed by atoms with van der Waals surface area (Å²) >= 11 is 0. The van der Waals surface area contributed by atoms with E-state index in [1.54, 1.807) is 4.68 Å². The molecule has 0 bridgehead atoms. The molecule has 2 N–H and O–H groups in total. The van der Waals surface area contributed by atoms with E-state index in [0.29, 0.717) is 19.5 Å². The third-order valence-electron chi connectivity index (χ3n) is 2.15. The van der Waals surface area contributed by atoms with Gasteiger partial charge in [0, 0.05) is 6.42 Å². The predicted molar refractivity (Wildman–Crippen MR) is 56.1 cm³/mol. The van der Waals surface area contributed by atoms with Gasteiger partial charge in [-0.1, -0.05) is 30.3 Å². The van der Waals surface area contributed by atoms with E-state index in [1.165, 1.54) is 5.56 Å². The fourth-order valence-electron chi connectivity index (χ4n) is 1.41. The van der Waals surface area contributed by atoms with E-state index in [2.05, 4.69) is 15.5 Å². The van der Waals surface area contributed by atoms with Crippen molar-refractivity contribution in [3.63, 3.8) is 0 Å². The number of hydrogen-bond acceptors (Lipinski definition) is 4. The topological polar surface area (TPSA) is 69.6 Å². The van der Waals surface area contributed by atoms with Crippen molar-refractivity contribution in [3.05, 3.63) is 41.7 Å². The van der Waals surface area contributed by atoms with E-state index in [0.717, 1.165) is 5.82 Å². The minimum absolute atomic E-state index is 0.565. The molecule has 0 atom stereocenters. The Hall–Kier alpha value is -1.75. The molecule has 0 amide bonds. The molecule has 0 spiro atoms. The monoisotopic (exact) mass is 203 g/mol. The highest BCUT2D eigenvalue weighted by atomic mass is 15.5. The summed E-state index contributed by atoms with van der Waals surface area (Å²) in [6, 6.07) is 10.1. The summed E-state index contributed by atoms with van der Waals surface area (Å²) in [7, 11) is 0. The van der Waals surface area contributed by atoms with Crippen LogP contribution in [0.2, 0.25) is 0 Å². The van der Waals surface area contributed by atoms with Crippen molar-refractivity contribution < 1.29 is 0 Å². The molecule has 1 heterocycles. The number of aromatic nitrogens is 4. The number of benzene rings is 1. The maximum Gasteiger partial charge on any atom is 0.152 e. The molecule has 1 aromatic carbocycles. The van der Waals surface area contributed by atoms with Gasteiger partial charge in [0.25, 0.3) is 0 Å². The Kier molecular flexibility index (Phi) is 3.04. The van der Waals surface area contributed by atoms with Gasteiger partial charge in [-0.05, 0) is 22.5 Å². The fraction of sp³-hybridized carbons (Fsp3) is 0.300. The number of rotatable bonds is 4. The zero-order valence-electron chi connectivity index (χ0n) is 8.37. The van der Waals surface area contributed by atoms with Gasteiger partial charge in [-0.2, -0.15) is 0 Å². The first kappa shape index (κ1) is 9.79. The molecule has 15 heavy (non-hydrogen) atoms. The second kappa shape index (κ2) is 4.65. The minimum Gasteiger partial charge on any atom is -0.330 e. The van der Waals surface area contributed by atoms with Gasteiger partial charge >= 0.3 is 0 Å². The SMILES string of the molecule is NCCc1nnnn1Cc1ccccc1. The number of tetrazole rings is 1. The molecular formula is C10H13N5. The normalized spacial score (nSPS) is 10.5. The summed E-state index contributed by atoms with van der Waals surface area (Å²) < 4.78 is 1.78. The first-order valence-electron chi connectivity index (χ1n) is 4.89. The highest BCUT2D eigenvalue weighted by Crippen LogP contribution is 2.02. The van der Waals surface area contributed by atoms with Gasteiger partial charge in [0.15, 0.2) is 5.82 Å². The van der Waals surface area contributed by atoms with Crippen LogP contribution in [-0.2, 0) is 13.0 Å². The Morgan fingerprint density at radius 1 is 1.20 bits per heavy atom. The predicted octanol–water partition coefficient (Wildman–Crippen LogP) is 0.223. The van der Waals surface area contributed by atoms with Gasteiger partial charge in [-0.3, -0.25) is 0 Å². The third-order valence-corrected chi connectivity index (χ3v) is 2.15. The van der Waals surface area contributed by atoms with Crippen LogP contribution >= 0.6 is 0 Å². The molecule has 0 fully saturated rings. The molecule has 1 aromatic heterocycles. The zero-order valence-corrected chi connectivity index (χ0v) is 8.37. The van der Waals surface area contributed by atoms with Gasteiger partial charge in [0.2, 0.25) is 0 Å². The smallest absolute Gasteiger partial charge is 0.152 e. The molecule has 0 aliphatic rings. The molecular weight excluding hydrogens is 190 g/mol. The van der Waals surface area contributed by atoms with Crippen molar-refractivity contribution in [2.75, 3.05) is 6.54 Å². The van der Waals surface area contributed by atoms with Crippen LogP contribution < -0.4 is 5.73 Å². The second-order valence-electron chi connectivity index (χ2n) is 3.28. The van der Waals surface area contributed by atoms with Crippen LogP contribution in [0.25, 0.3) is 0 Å². The van der Waals surface area contributed by atoms with Crippen LogP contribution in [0.3, 0.4) is 0 Å². The maximum atomic E-state index is 5.47. The maximum absolute atomic E-state index is 5.47. The van der Waals surface area contributed by atoms with Crippen LogP contribution in [0.4, 0.5) is 0 Å². The minimum atomic E-state index is 0.565. The van der Waals surface area contributed by atoms with Crippen LogP contribution in [0.1, 0.15) is 11.4 Å². The molecule has 0 saturated heterocycles. The number of nitrogens with two attached hydrogens (primary N) is 1. The first-order chi connectivity index (χ1) is 7.40. The Morgan fingerprint density at radius 3 is 2.73 bits per heavy atom. The number of hydrogen-bond donors (Lipinski definition) is 1. The molecule has 2 aromatic rings. The Balaban J connectivity index is 2.14. The van der Waals surface area contributed by atoms with E-state index in [1.807, 2.05) is 30.3 Å². The van der Waals surface area contributed by atoms with Crippen LogP contribution in [-0.4, -0.2) is 26.8 Å². The molecule has 0 radical (unpaired) electrons. The van der Waals surface area contributed by atoms with Crippen molar-refractivity contribution >= 4 is 0 Å². The van der Waals surface area contributed by atoms with E-state index in [9.17, 15) is 0 Å². The standard InChI is InChI=1S/C10H13N5/c11-7-6-10-12-13-14-15(10)8-9-4-2-1-3-5-9/h1-5H,6-8,11H2. The lowest BCUT2D eigenvalue weighted by atomic mass is 10.2. The average molecular weight is 203 g/mol. The third kappa shape index (κ3) is 2.38. The molecule has 0 aliphatic carbocycles. The van der Waals surface area contributed by atoms with E-state index < -0.39 is 0 Å². The van der Waals surface area contributed by atoms with Crippen molar-refractivity contribution in [1.29, 1.82) is 0 Å². The number of nitrogens with zero attached hydrogens (tertiary/aromatic N) is 4. The lowest BCUT2D eigenvalue weighted by molar-refractivity contribution is 0.617. The summed E-state index contributed by atoms with van der Waals surface area (Å²) in [5.74, 6) is 0.835. The molecule has 0 aliphatic heterocycles. The van der Waals surface area contributed by atoms with Gasteiger partial charge < -0.3 is 5.73 Å². The lowest BCUT2D eigenvalue weighted by Gasteiger charge is -2.03. The summed E-state index contributed by atoms with van der Waals surface area (Å²) in [6.07, 6.45) is 0.708. The molecule has 78 valence electrons. The Morgan fingerprint density at radius 2 is 2.00 bits per heavy atom. The Labute approximate surface area is 87.9 Å². The summed E-state index contributed by atoms with van der Waals surface area (Å²) in [5, 5.41) is 11.5. The van der Waals surface area contributed by atoms with Gasteiger partial charge in [0.05, 0.1) is 6.54 Å². The van der Waals surface area contributed by atoms with Crippen LogP contribution in [0, 0.1) is 0 Å². The van der Waals surface area contributed by atoms with Crippen molar-refractivity contribution in [2.45, 2.75) is 13.0 Å². The van der Waals surface area contributed by atoms with E-state index in [-0.39, 0.29) is 0 Å². The van der Waals surface area contributed by atoms with Crippen LogP contribution in [0.15, 0.2) is 30.3 Å². The van der Waals surface area contributed by atoms with E-state index >= 15 is 0 Å². The quantitative estimate of drug-likeness (QED) is 0.771. The largest absolute Gasteiger partial charge is 0.330 e. The highest BCUT2D eigenvalue weighted by Gasteiger charge is 2.04. The van der Waals surface area contributed by atoms with Gasteiger partial charge in [-0.15, -0.1) is 5.10 Å². The highest BCUT2D eigenvalue weighted by molar-refractivity contribution is 5.14. The Bertz CT molecular complexity index is 409. The molecule has 0 unspecified atom stereocenters. The van der Waals surface area contributed by atoms with Gasteiger partial charge in [-0.25, -0.2) is 4.68 Å². The average Bonchev–Trinajstić information content (AvgIpc) is 2.68. The zero-order chi connectivity index (χ0) is 10.5. The second-order valence-corrected chi connectivity index (χ2v) is 3.28. The molecule has 5 heteroatoms. The molecule has 0 saturated carbocycles. The van der Waals surface area contributed by atoms with Crippen molar-refractivity contribution in [1.82, 2.24) is 20.2 Å². The molecule has 5 nitrogen and oxygen atoms in total. The summed E-state index contributed by atoms with van der Waals surface area (Å²) in [6.45, 7) is 1.26. The first-order valence-corrected chi connectivity index (χ1v) is 4.89. The van der Waals surface area contributed by atoms with Crippen LogP contribution in [0.5, 0.6) is 0 Å².